The van der Waals surface area contributed by atoms with Gasteiger partial charge >= 0.3 is 0 Å². The van der Waals surface area contributed by atoms with Crippen LogP contribution in [0.3, 0.4) is 0 Å². The van der Waals surface area contributed by atoms with Gasteiger partial charge in [-0.25, -0.2) is 4.98 Å². The molecular weight excluding hydrogens is 192 g/mol. The average molecular weight is 200 g/mol. The molecule has 5 nitrogen and oxygen atoms in total. The summed E-state index contributed by atoms with van der Waals surface area (Å²) in [7, 11) is 0. The molecule has 70 valence electrons. The SMILES string of the molecule is NC(=O)c1cnc(OCC2CO2)s1. The molecule has 0 spiro atoms. The highest BCUT2D eigenvalue weighted by Crippen LogP contribution is 2.21. The topological polar surface area (TPSA) is 77.7 Å². The molecule has 1 aliphatic rings. The van der Waals surface area contributed by atoms with Crippen LogP contribution in [0.15, 0.2) is 6.20 Å². The van der Waals surface area contributed by atoms with Gasteiger partial charge in [0.1, 0.15) is 17.6 Å². The fourth-order valence-corrected chi connectivity index (χ4v) is 1.39. The molecule has 2 heterocycles. The highest BCUT2D eigenvalue weighted by molar-refractivity contribution is 7.15. The van der Waals surface area contributed by atoms with Crippen LogP contribution in [-0.4, -0.2) is 30.2 Å². The van der Waals surface area contributed by atoms with Gasteiger partial charge in [0.2, 0.25) is 0 Å². The molecule has 0 radical (unpaired) electrons. The van der Waals surface area contributed by atoms with E-state index in [0.717, 1.165) is 17.9 Å². The number of carbonyl (C=O) groups excluding carboxylic acids is 1. The van der Waals surface area contributed by atoms with E-state index in [1.54, 1.807) is 0 Å². The monoisotopic (exact) mass is 200 g/mol. The Kier molecular flexibility index (Phi) is 2.15. The Labute approximate surface area is 78.5 Å². The summed E-state index contributed by atoms with van der Waals surface area (Å²) in [5, 5.41) is 0.462. The van der Waals surface area contributed by atoms with Gasteiger partial charge in [-0.3, -0.25) is 4.79 Å². The normalized spacial score (nSPS) is 19.8. The lowest BCUT2D eigenvalue weighted by atomic mass is 10.5. The smallest absolute Gasteiger partial charge is 0.273 e. The van der Waals surface area contributed by atoms with Crippen molar-refractivity contribution >= 4 is 17.2 Å². The number of nitrogens with two attached hydrogens (primary N) is 1. The summed E-state index contributed by atoms with van der Waals surface area (Å²) < 4.78 is 10.2. The van der Waals surface area contributed by atoms with E-state index in [2.05, 4.69) is 4.98 Å². The molecule has 1 aliphatic heterocycles. The quantitative estimate of drug-likeness (QED) is 0.695. The second kappa shape index (κ2) is 3.31. The average Bonchev–Trinajstić information content (AvgIpc) is 2.79. The number of ether oxygens (including phenoxy) is 2. The zero-order valence-corrected chi connectivity index (χ0v) is 7.54. The molecule has 1 saturated heterocycles. The fraction of sp³-hybridized carbons (Fsp3) is 0.429. The number of amides is 1. The minimum atomic E-state index is -0.477. The number of rotatable bonds is 4. The third-order valence-electron chi connectivity index (χ3n) is 1.52. The van der Waals surface area contributed by atoms with Gasteiger partial charge in [-0.15, -0.1) is 0 Å². The van der Waals surface area contributed by atoms with Gasteiger partial charge in [0, 0.05) is 0 Å². The molecule has 2 rings (SSSR count). The van der Waals surface area contributed by atoms with Crippen LogP contribution < -0.4 is 10.5 Å². The number of aromatic nitrogens is 1. The Morgan fingerprint density at radius 1 is 1.92 bits per heavy atom. The molecule has 1 fully saturated rings. The van der Waals surface area contributed by atoms with Crippen molar-refractivity contribution in [2.75, 3.05) is 13.2 Å². The van der Waals surface area contributed by atoms with Crippen LogP contribution in [-0.2, 0) is 4.74 Å². The zero-order valence-electron chi connectivity index (χ0n) is 6.73. The van der Waals surface area contributed by atoms with Gasteiger partial charge in [0.15, 0.2) is 0 Å². The van der Waals surface area contributed by atoms with Gasteiger partial charge in [-0.1, -0.05) is 11.3 Å². The first-order valence-electron chi connectivity index (χ1n) is 3.76. The predicted molar refractivity (Wildman–Crippen MR) is 45.9 cm³/mol. The molecule has 0 aliphatic carbocycles. The van der Waals surface area contributed by atoms with E-state index in [1.165, 1.54) is 6.20 Å². The molecule has 13 heavy (non-hydrogen) atoms. The maximum Gasteiger partial charge on any atom is 0.273 e. The predicted octanol–water partition coefficient (Wildman–Crippen LogP) is 0.0196. The van der Waals surface area contributed by atoms with Crippen LogP contribution >= 0.6 is 11.3 Å². The van der Waals surface area contributed by atoms with Gasteiger partial charge in [0.05, 0.1) is 12.8 Å². The highest BCUT2D eigenvalue weighted by atomic mass is 32.1. The molecular formula is C7H8N2O3S. The number of nitrogens with zero attached hydrogens (tertiary/aromatic N) is 1. The van der Waals surface area contributed by atoms with E-state index < -0.39 is 5.91 Å². The molecule has 1 amide bonds. The van der Waals surface area contributed by atoms with E-state index in [0.29, 0.717) is 16.7 Å². The Bertz CT molecular complexity index is 321. The molecule has 0 aromatic carbocycles. The minimum Gasteiger partial charge on any atom is -0.467 e. The summed E-state index contributed by atoms with van der Waals surface area (Å²) in [5.41, 5.74) is 5.05. The van der Waals surface area contributed by atoms with Gasteiger partial charge in [-0.05, 0) is 0 Å². The third kappa shape index (κ3) is 2.16. The maximum atomic E-state index is 10.7. The van der Waals surface area contributed by atoms with Gasteiger partial charge in [-0.2, -0.15) is 0 Å². The van der Waals surface area contributed by atoms with Crippen molar-refractivity contribution in [3.8, 4) is 5.19 Å². The van der Waals surface area contributed by atoms with Crippen molar-refractivity contribution in [2.24, 2.45) is 5.73 Å². The van der Waals surface area contributed by atoms with Crippen LogP contribution in [0.4, 0.5) is 0 Å². The molecule has 0 saturated carbocycles. The first-order valence-corrected chi connectivity index (χ1v) is 4.57. The Hall–Kier alpha value is -1.14. The number of hydrogen-bond donors (Lipinski definition) is 1. The molecule has 1 aromatic rings. The van der Waals surface area contributed by atoms with Crippen LogP contribution in [0, 0.1) is 0 Å². The van der Waals surface area contributed by atoms with Gasteiger partial charge in [0.25, 0.3) is 11.1 Å². The summed E-state index contributed by atoms with van der Waals surface area (Å²) >= 11 is 1.15. The largest absolute Gasteiger partial charge is 0.467 e. The Morgan fingerprint density at radius 3 is 3.23 bits per heavy atom. The molecule has 0 bridgehead atoms. The van der Waals surface area contributed by atoms with E-state index in [1.807, 2.05) is 0 Å². The van der Waals surface area contributed by atoms with Crippen LogP contribution in [0.2, 0.25) is 0 Å². The fourth-order valence-electron chi connectivity index (χ4n) is 0.767. The summed E-state index contributed by atoms with van der Waals surface area (Å²) in [5.74, 6) is -0.477. The van der Waals surface area contributed by atoms with E-state index in [9.17, 15) is 4.79 Å². The van der Waals surface area contributed by atoms with Crippen molar-refractivity contribution < 1.29 is 14.3 Å². The lowest BCUT2D eigenvalue weighted by molar-refractivity contribution is 0.100. The van der Waals surface area contributed by atoms with Crippen LogP contribution in [0.1, 0.15) is 9.67 Å². The lowest BCUT2D eigenvalue weighted by Gasteiger charge is -1.96. The summed E-state index contributed by atoms with van der Waals surface area (Å²) in [6.07, 6.45) is 1.61. The van der Waals surface area contributed by atoms with Crippen molar-refractivity contribution in [1.29, 1.82) is 0 Å². The molecule has 1 aromatic heterocycles. The zero-order chi connectivity index (χ0) is 9.26. The lowest BCUT2D eigenvalue weighted by Crippen LogP contribution is -2.08. The van der Waals surface area contributed by atoms with Crippen LogP contribution in [0.25, 0.3) is 0 Å². The Morgan fingerprint density at radius 2 is 2.69 bits per heavy atom. The second-order valence-corrected chi connectivity index (χ2v) is 3.61. The van der Waals surface area contributed by atoms with Crippen molar-refractivity contribution in [3.05, 3.63) is 11.1 Å². The second-order valence-electron chi connectivity index (χ2n) is 2.62. The van der Waals surface area contributed by atoms with Crippen molar-refractivity contribution in [3.63, 3.8) is 0 Å². The summed E-state index contributed by atoms with van der Waals surface area (Å²) in [6, 6.07) is 0. The number of hydrogen-bond acceptors (Lipinski definition) is 5. The summed E-state index contributed by atoms with van der Waals surface area (Å²) in [4.78, 5) is 15.0. The first kappa shape index (κ1) is 8.46. The number of thiazole rings is 1. The minimum absolute atomic E-state index is 0.195. The van der Waals surface area contributed by atoms with Crippen LogP contribution in [0.5, 0.6) is 5.19 Å². The van der Waals surface area contributed by atoms with Crippen molar-refractivity contribution in [2.45, 2.75) is 6.10 Å². The summed E-state index contributed by atoms with van der Waals surface area (Å²) in [6.45, 7) is 1.24. The maximum absolute atomic E-state index is 10.7. The molecule has 1 unspecified atom stereocenters. The number of epoxide rings is 1. The number of carbonyl (C=O) groups is 1. The standard InChI is InChI=1S/C7H8N2O3S/c8-6(10)5-1-9-7(13-5)12-3-4-2-11-4/h1,4H,2-3H2,(H2,8,10). The molecule has 6 heteroatoms. The van der Waals surface area contributed by atoms with E-state index in [4.69, 9.17) is 15.2 Å². The first-order chi connectivity index (χ1) is 6.25. The van der Waals surface area contributed by atoms with Gasteiger partial charge < -0.3 is 15.2 Å². The Balaban J connectivity index is 1.92. The van der Waals surface area contributed by atoms with E-state index in [-0.39, 0.29) is 6.10 Å². The molecule has 1 atom stereocenters. The molecule has 2 N–H and O–H groups in total. The third-order valence-corrected chi connectivity index (χ3v) is 2.45. The highest BCUT2D eigenvalue weighted by Gasteiger charge is 2.23. The number of primary amides is 1. The van der Waals surface area contributed by atoms with Crippen molar-refractivity contribution in [1.82, 2.24) is 4.98 Å². The van der Waals surface area contributed by atoms with E-state index >= 15 is 0 Å².